The van der Waals surface area contributed by atoms with E-state index in [1.807, 2.05) is 6.07 Å². The zero-order chi connectivity index (χ0) is 15.2. The highest BCUT2D eigenvalue weighted by molar-refractivity contribution is 5.69. The lowest BCUT2D eigenvalue weighted by molar-refractivity contribution is 0.371. The van der Waals surface area contributed by atoms with E-state index in [9.17, 15) is 9.90 Å². The van der Waals surface area contributed by atoms with Crippen molar-refractivity contribution in [2.24, 2.45) is 0 Å². The SMILES string of the molecule is C=CCc1cc(/C=C/c2nccc(=O)[nH]2)cc(OC)c1O. The van der Waals surface area contributed by atoms with Crippen molar-refractivity contribution >= 4 is 12.2 Å². The van der Waals surface area contributed by atoms with Crippen molar-refractivity contribution in [2.45, 2.75) is 6.42 Å². The standard InChI is InChI=1S/C16H16N2O3/c1-3-4-12-9-11(10-13(21-2)16(12)20)5-6-14-17-8-7-15(19)18-14/h3,5-10,20H,1,4H2,2H3,(H,17,18,19)/b6-5+. The Morgan fingerprint density at radius 1 is 1.43 bits per heavy atom. The van der Waals surface area contributed by atoms with E-state index in [2.05, 4.69) is 16.5 Å². The molecule has 5 nitrogen and oxygen atoms in total. The van der Waals surface area contributed by atoms with E-state index in [1.165, 1.54) is 19.4 Å². The van der Waals surface area contributed by atoms with Gasteiger partial charge in [-0.25, -0.2) is 4.98 Å². The first kappa shape index (κ1) is 14.6. The summed E-state index contributed by atoms with van der Waals surface area (Å²) in [7, 11) is 1.50. The van der Waals surface area contributed by atoms with Crippen LogP contribution in [-0.2, 0) is 6.42 Å². The Labute approximate surface area is 122 Å². The number of methoxy groups -OCH3 is 1. The Hall–Kier alpha value is -2.82. The van der Waals surface area contributed by atoms with Crippen molar-refractivity contribution in [3.8, 4) is 11.5 Å². The van der Waals surface area contributed by atoms with Gasteiger partial charge >= 0.3 is 0 Å². The highest BCUT2D eigenvalue weighted by Gasteiger charge is 2.08. The minimum Gasteiger partial charge on any atom is -0.504 e. The molecule has 2 aromatic rings. The van der Waals surface area contributed by atoms with E-state index in [0.717, 1.165) is 11.1 Å². The Kier molecular flexibility index (Phi) is 4.56. The molecule has 0 radical (unpaired) electrons. The Balaban J connectivity index is 2.37. The predicted octanol–water partition coefficient (Wildman–Crippen LogP) is 2.38. The molecular weight excluding hydrogens is 268 g/mol. The van der Waals surface area contributed by atoms with Gasteiger partial charge in [-0.15, -0.1) is 6.58 Å². The van der Waals surface area contributed by atoms with E-state index < -0.39 is 0 Å². The molecule has 1 heterocycles. The molecule has 0 aliphatic heterocycles. The molecule has 0 aliphatic rings. The summed E-state index contributed by atoms with van der Waals surface area (Å²) in [6, 6.07) is 4.89. The molecule has 0 saturated carbocycles. The number of benzene rings is 1. The molecule has 0 amide bonds. The van der Waals surface area contributed by atoms with Crippen LogP contribution in [0.15, 0.2) is 41.8 Å². The molecule has 0 spiro atoms. The monoisotopic (exact) mass is 284 g/mol. The average molecular weight is 284 g/mol. The summed E-state index contributed by atoms with van der Waals surface area (Å²) in [4.78, 5) is 17.8. The first-order chi connectivity index (χ1) is 10.1. The highest BCUT2D eigenvalue weighted by atomic mass is 16.5. The zero-order valence-electron chi connectivity index (χ0n) is 11.7. The van der Waals surface area contributed by atoms with Gasteiger partial charge in [0.15, 0.2) is 11.5 Å². The smallest absolute Gasteiger partial charge is 0.251 e. The summed E-state index contributed by atoms with van der Waals surface area (Å²) >= 11 is 0. The van der Waals surface area contributed by atoms with Gasteiger partial charge in [-0.2, -0.15) is 0 Å². The lowest BCUT2D eigenvalue weighted by atomic mass is 10.1. The van der Waals surface area contributed by atoms with Crippen LogP contribution in [0.4, 0.5) is 0 Å². The minimum atomic E-state index is -0.208. The van der Waals surface area contributed by atoms with Crippen molar-refractivity contribution in [1.82, 2.24) is 9.97 Å². The lowest BCUT2D eigenvalue weighted by Crippen LogP contribution is -2.05. The predicted molar refractivity (Wildman–Crippen MR) is 82.3 cm³/mol. The van der Waals surface area contributed by atoms with Gasteiger partial charge in [0, 0.05) is 17.8 Å². The third kappa shape index (κ3) is 3.60. The summed E-state index contributed by atoms with van der Waals surface area (Å²) in [6.07, 6.45) is 7.15. The maximum absolute atomic E-state index is 11.2. The molecule has 5 heteroatoms. The molecule has 0 aliphatic carbocycles. The second kappa shape index (κ2) is 6.56. The summed E-state index contributed by atoms with van der Waals surface area (Å²) in [5.74, 6) is 0.962. The van der Waals surface area contributed by atoms with Crippen LogP contribution in [0.2, 0.25) is 0 Å². The van der Waals surface area contributed by atoms with Crippen LogP contribution in [0.25, 0.3) is 12.2 Å². The average Bonchev–Trinajstić information content (AvgIpc) is 2.48. The number of aromatic nitrogens is 2. The van der Waals surface area contributed by atoms with Gasteiger partial charge in [0.05, 0.1) is 7.11 Å². The fourth-order valence-electron chi connectivity index (χ4n) is 1.90. The fourth-order valence-corrected chi connectivity index (χ4v) is 1.90. The molecule has 2 N–H and O–H groups in total. The summed E-state index contributed by atoms with van der Waals surface area (Å²) in [5.41, 5.74) is 1.34. The van der Waals surface area contributed by atoms with Gasteiger partial charge in [0.2, 0.25) is 0 Å². The van der Waals surface area contributed by atoms with Crippen molar-refractivity contribution in [2.75, 3.05) is 7.11 Å². The third-order valence-corrected chi connectivity index (χ3v) is 2.88. The first-order valence-corrected chi connectivity index (χ1v) is 6.38. The van der Waals surface area contributed by atoms with Gasteiger partial charge in [-0.05, 0) is 30.2 Å². The number of phenolic OH excluding ortho intramolecular Hbond substituents is 1. The van der Waals surface area contributed by atoms with Crippen molar-refractivity contribution in [3.63, 3.8) is 0 Å². The lowest BCUT2D eigenvalue weighted by Gasteiger charge is -2.09. The van der Waals surface area contributed by atoms with Crippen LogP contribution in [-0.4, -0.2) is 22.2 Å². The van der Waals surface area contributed by atoms with E-state index in [1.54, 1.807) is 24.3 Å². The fraction of sp³-hybridized carbons (Fsp3) is 0.125. The first-order valence-electron chi connectivity index (χ1n) is 6.38. The number of nitrogens with zero attached hydrogens (tertiary/aromatic N) is 1. The normalized spacial score (nSPS) is 10.7. The molecule has 0 saturated heterocycles. The van der Waals surface area contributed by atoms with Crippen LogP contribution < -0.4 is 10.3 Å². The topological polar surface area (TPSA) is 75.2 Å². The Morgan fingerprint density at radius 2 is 2.24 bits per heavy atom. The van der Waals surface area contributed by atoms with Crippen molar-refractivity contribution < 1.29 is 9.84 Å². The van der Waals surface area contributed by atoms with Gasteiger partial charge in [0.1, 0.15) is 5.82 Å². The molecular formula is C16H16N2O3. The Morgan fingerprint density at radius 3 is 2.90 bits per heavy atom. The molecule has 21 heavy (non-hydrogen) atoms. The number of hydrogen-bond acceptors (Lipinski definition) is 4. The quantitative estimate of drug-likeness (QED) is 0.827. The van der Waals surface area contributed by atoms with Gasteiger partial charge < -0.3 is 14.8 Å². The maximum Gasteiger partial charge on any atom is 0.251 e. The molecule has 2 rings (SSSR count). The Bertz CT molecular complexity index is 733. The van der Waals surface area contributed by atoms with Crippen LogP contribution in [0.3, 0.4) is 0 Å². The van der Waals surface area contributed by atoms with E-state index in [4.69, 9.17) is 4.74 Å². The van der Waals surface area contributed by atoms with Crippen LogP contribution in [0.1, 0.15) is 17.0 Å². The molecule has 108 valence electrons. The number of aromatic amines is 1. The van der Waals surface area contributed by atoms with Crippen LogP contribution >= 0.6 is 0 Å². The van der Waals surface area contributed by atoms with Crippen molar-refractivity contribution in [1.29, 1.82) is 0 Å². The number of hydrogen-bond donors (Lipinski definition) is 2. The number of aromatic hydroxyl groups is 1. The zero-order valence-corrected chi connectivity index (χ0v) is 11.7. The molecule has 0 fully saturated rings. The second-order valence-electron chi connectivity index (χ2n) is 4.38. The number of ether oxygens (including phenoxy) is 1. The molecule has 0 bridgehead atoms. The number of allylic oxidation sites excluding steroid dienone is 1. The largest absolute Gasteiger partial charge is 0.504 e. The van der Waals surface area contributed by atoms with Crippen molar-refractivity contribution in [3.05, 3.63) is 64.4 Å². The molecule has 1 aromatic heterocycles. The number of nitrogens with one attached hydrogen (secondary N) is 1. The molecule has 1 aromatic carbocycles. The number of rotatable bonds is 5. The van der Waals surface area contributed by atoms with E-state index in [-0.39, 0.29) is 11.3 Å². The van der Waals surface area contributed by atoms with Gasteiger partial charge in [-0.3, -0.25) is 4.79 Å². The summed E-state index contributed by atoms with van der Waals surface area (Å²) in [5, 5.41) is 10.0. The van der Waals surface area contributed by atoms with E-state index in [0.29, 0.717) is 18.0 Å². The summed E-state index contributed by atoms with van der Waals surface area (Å²) < 4.78 is 5.15. The highest BCUT2D eigenvalue weighted by Crippen LogP contribution is 2.32. The number of phenols is 1. The maximum atomic E-state index is 11.2. The van der Waals surface area contributed by atoms with E-state index >= 15 is 0 Å². The summed E-state index contributed by atoms with van der Waals surface area (Å²) in [6.45, 7) is 3.67. The second-order valence-corrected chi connectivity index (χ2v) is 4.38. The van der Waals surface area contributed by atoms with Crippen LogP contribution in [0.5, 0.6) is 11.5 Å². The van der Waals surface area contributed by atoms with Gasteiger partial charge in [-0.1, -0.05) is 12.2 Å². The molecule has 0 unspecified atom stereocenters. The minimum absolute atomic E-state index is 0.112. The van der Waals surface area contributed by atoms with Gasteiger partial charge in [0.25, 0.3) is 5.56 Å². The third-order valence-electron chi connectivity index (χ3n) is 2.88. The molecule has 0 atom stereocenters. The number of H-pyrrole nitrogens is 1. The van der Waals surface area contributed by atoms with Crippen LogP contribution in [0, 0.1) is 0 Å².